The fourth-order valence-electron chi connectivity index (χ4n) is 2.64. The molecule has 5 heteroatoms. The van der Waals surface area contributed by atoms with Gasteiger partial charge in [0.15, 0.2) is 5.79 Å². The van der Waals surface area contributed by atoms with Crippen LogP contribution in [0.2, 0.25) is 0 Å². The Morgan fingerprint density at radius 2 is 2.11 bits per heavy atom. The van der Waals surface area contributed by atoms with E-state index in [4.69, 9.17) is 9.57 Å². The van der Waals surface area contributed by atoms with Crippen molar-refractivity contribution in [3.63, 3.8) is 0 Å². The summed E-state index contributed by atoms with van der Waals surface area (Å²) < 4.78 is 5.31. The zero-order valence-electron chi connectivity index (χ0n) is 10.0. The summed E-state index contributed by atoms with van der Waals surface area (Å²) in [6.07, 6.45) is -0.334. The molecule has 2 aliphatic rings. The van der Waals surface area contributed by atoms with Crippen LogP contribution in [-0.4, -0.2) is 46.4 Å². The summed E-state index contributed by atoms with van der Waals surface area (Å²) in [4.78, 5) is 5.56. The molecule has 98 valence electrons. The number of nitrogens with zero attached hydrogens (tertiary/aromatic N) is 1. The van der Waals surface area contributed by atoms with Gasteiger partial charge >= 0.3 is 0 Å². The van der Waals surface area contributed by atoms with E-state index < -0.39 is 17.9 Å². The largest absolute Gasteiger partial charge is 0.389 e. The Balaban J connectivity index is 1.79. The highest BCUT2D eigenvalue weighted by Crippen LogP contribution is 2.35. The molecule has 0 unspecified atom stereocenters. The maximum Gasteiger partial charge on any atom is 0.188 e. The number of hydrogen-bond donors (Lipinski definition) is 2. The van der Waals surface area contributed by atoms with Gasteiger partial charge < -0.3 is 14.9 Å². The lowest BCUT2D eigenvalue weighted by Crippen LogP contribution is -2.58. The molecule has 0 radical (unpaired) electrons. The van der Waals surface area contributed by atoms with Crippen LogP contribution in [0, 0.1) is 0 Å². The maximum absolute atomic E-state index is 10.3. The summed E-state index contributed by atoms with van der Waals surface area (Å²) in [5.41, 5.74) is 1.07. The third kappa shape index (κ3) is 2.04. The third-order valence-electron chi connectivity index (χ3n) is 3.54. The van der Waals surface area contributed by atoms with Gasteiger partial charge in [0, 0.05) is 13.0 Å². The van der Waals surface area contributed by atoms with E-state index >= 15 is 0 Å². The van der Waals surface area contributed by atoms with E-state index in [-0.39, 0.29) is 6.61 Å². The summed E-state index contributed by atoms with van der Waals surface area (Å²) in [7, 11) is 0. The number of fused-ring (bicyclic) bond motifs is 1. The summed E-state index contributed by atoms with van der Waals surface area (Å²) >= 11 is 0. The molecule has 0 aliphatic carbocycles. The van der Waals surface area contributed by atoms with E-state index in [0.717, 1.165) is 5.56 Å². The lowest BCUT2D eigenvalue weighted by Gasteiger charge is -2.41. The second kappa shape index (κ2) is 4.60. The van der Waals surface area contributed by atoms with Crippen molar-refractivity contribution >= 4 is 0 Å². The molecule has 0 saturated carbocycles. The van der Waals surface area contributed by atoms with E-state index in [1.807, 2.05) is 30.3 Å². The smallest absolute Gasteiger partial charge is 0.188 e. The predicted octanol–water partition coefficient (Wildman–Crippen LogP) is 0.272. The first-order valence-corrected chi connectivity index (χ1v) is 6.17. The van der Waals surface area contributed by atoms with Gasteiger partial charge in [-0.2, -0.15) is 5.06 Å². The number of aliphatic hydroxyl groups is 2. The van der Waals surface area contributed by atoms with Gasteiger partial charge in [-0.1, -0.05) is 30.3 Å². The topological polar surface area (TPSA) is 62.2 Å². The van der Waals surface area contributed by atoms with Gasteiger partial charge in [0.1, 0.15) is 12.1 Å². The second-order valence-electron chi connectivity index (χ2n) is 4.81. The van der Waals surface area contributed by atoms with Gasteiger partial charge in [-0.05, 0) is 5.56 Å². The number of benzene rings is 1. The Bertz CT molecular complexity index is 409. The minimum absolute atomic E-state index is 0.149. The minimum atomic E-state index is -1.29. The van der Waals surface area contributed by atoms with Crippen LogP contribution in [0.3, 0.4) is 0 Å². The van der Waals surface area contributed by atoms with Crippen LogP contribution in [0.15, 0.2) is 30.3 Å². The summed E-state index contributed by atoms with van der Waals surface area (Å²) in [6, 6.07) is 9.30. The molecule has 0 amide bonds. The average Bonchev–Trinajstić information content (AvgIpc) is 2.68. The standard InChI is InChI=1S/C13H17NO4/c15-11-9-17-13(16)6-7-18-14(12(11)13)8-10-4-2-1-3-5-10/h1-5,11-12,15-16H,6-9H2/t11-,12+,13+/m1/s1. The molecule has 2 aliphatic heterocycles. The van der Waals surface area contributed by atoms with Crippen LogP contribution in [0.25, 0.3) is 0 Å². The van der Waals surface area contributed by atoms with E-state index in [1.54, 1.807) is 5.06 Å². The Morgan fingerprint density at radius 1 is 1.33 bits per heavy atom. The normalized spacial score (nSPS) is 36.6. The minimum Gasteiger partial charge on any atom is -0.389 e. The van der Waals surface area contributed by atoms with Crippen LogP contribution in [0.5, 0.6) is 0 Å². The SMILES string of the molecule is O[C@@H]1CO[C@@]2(O)CCON(Cc3ccccc3)[C@@H]12. The highest BCUT2D eigenvalue weighted by molar-refractivity contribution is 5.15. The van der Waals surface area contributed by atoms with Crippen molar-refractivity contribution in [3.8, 4) is 0 Å². The summed E-state index contributed by atoms with van der Waals surface area (Å²) in [5.74, 6) is -1.29. The zero-order valence-corrected chi connectivity index (χ0v) is 10.0. The van der Waals surface area contributed by atoms with E-state index in [1.165, 1.54) is 0 Å². The molecule has 3 rings (SSSR count). The summed E-state index contributed by atoms with van der Waals surface area (Å²) in [6.45, 7) is 1.07. The van der Waals surface area contributed by atoms with Gasteiger partial charge in [0.25, 0.3) is 0 Å². The molecular weight excluding hydrogens is 234 g/mol. The zero-order chi connectivity index (χ0) is 12.6. The molecule has 0 spiro atoms. The summed E-state index contributed by atoms with van der Waals surface area (Å²) in [5, 5.41) is 21.9. The monoisotopic (exact) mass is 251 g/mol. The maximum atomic E-state index is 10.3. The Labute approximate surface area is 106 Å². The molecule has 2 heterocycles. The van der Waals surface area contributed by atoms with Crippen molar-refractivity contribution in [2.45, 2.75) is 30.9 Å². The molecule has 2 N–H and O–H groups in total. The van der Waals surface area contributed by atoms with Crippen LogP contribution in [0.1, 0.15) is 12.0 Å². The Morgan fingerprint density at radius 3 is 2.89 bits per heavy atom. The number of rotatable bonds is 2. The molecular formula is C13H17NO4. The first kappa shape index (κ1) is 12.1. The Hall–Kier alpha value is -0.980. The fourth-order valence-corrected chi connectivity index (χ4v) is 2.64. The van der Waals surface area contributed by atoms with E-state index in [2.05, 4.69) is 0 Å². The predicted molar refractivity (Wildman–Crippen MR) is 63.3 cm³/mol. The van der Waals surface area contributed by atoms with Gasteiger partial charge in [-0.25, -0.2) is 0 Å². The lowest BCUT2D eigenvalue weighted by molar-refractivity contribution is -0.323. The lowest BCUT2D eigenvalue weighted by atomic mass is 9.99. The third-order valence-corrected chi connectivity index (χ3v) is 3.54. The highest BCUT2D eigenvalue weighted by Gasteiger charge is 2.54. The Kier molecular flexibility index (Phi) is 3.09. The molecule has 0 aromatic heterocycles. The van der Waals surface area contributed by atoms with Gasteiger partial charge in [0.2, 0.25) is 0 Å². The van der Waals surface area contributed by atoms with Gasteiger partial charge in [-0.15, -0.1) is 0 Å². The van der Waals surface area contributed by atoms with Gasteiger partial charge in [-0.3, -0.25) is 4.84 Å². The first-order chi connectivity index (χ1) is 8.69. The number of aliphatic hydroxyl groups excluding tert-OH is 1. The highest BCUT2D eigenvalue weighted by atomic mass is 16.7. The molecule has 2 saturated heterocycles. The van der Waals surface area contributed by atoms with Crippen molar-refractivity contribution < 1.29 is 19.8 Å². The molecule has 1 aromatic rings. The van der Waals surface area contributed by atoms with Crippen LogP contribution in [-0.2, 0) is 16.1 Å². The van der Waals surface area contributed by atoms with E-state index in [9.17, 15) is 10.2 Å². The number of hydroxylamine groups is 2. The van der Waals surface area contributed by atoms with Crippen molar-refractivity contribution in [2.75, 3.05) is 13.2 Å². The molecule has 5 nitrogen and oxygen atoms in total. The fraction of sp³-hybridized carbons (Fsp3) is 0.538. The molecule has 2 fully saturated rings. The number of hydrogen-bond acceptors (Lipinski definition) is 5. The van der Waals surface area contributed by atoms with Crippen molar-refractivity contribution in [1.29, 1.82) is 0 Å². The van der Waals surface area contributed by atoms with Crippen molar-refractivity contribution in [3.05, 3.63) is 35.9 Å². The molecule has 0 bridgehead atoms. The van der Waals surface area contributed by atoms with Crippen molar-refractivity contribution in [1.82, 2.24) is 5.06 Å². The van der Waals surface area contributed by atoms with Crippen LogP contribution in [0.4, 0.5) is 0 Å². The second-order valence-corrected chi connectivity index (χ2v) is 4.81. The van der Waals surface area contributed by atoms with Crippen LogP contribution >= 0.6 is 0 Å². The molecule has 1 aromatic carbocycles. The van der Waals surface area contributed by atoms with Gasteiger partial charge in [0.05, 0.1) is 13.2 Å². The number of ether oxygens (including phenoxy) is 1. The average molecular weight is 251 g/mol. The quantitative estimate of drug-likeness (QED) is 0.790. The molecule has 3 atom stereocenters. The van der Waals surface area contributed by atoms with E-state index in [0.29, 0.717) is 19.6 Å². The van der Waals surface area contributed by atoms with Crippen molar-refractivity contribution in [2.24, 2.45) is 0 Å². The first-order valence-electron chi connectivity index (χ1n) is 6.17. The van der Waals surface area contributed by atoms with Crippen LogP contribution < -0.4 is 0 Å². The molecule has 18 heavy (non-hydrogen) atoms.